The van der Waals surface area contributed by atoms with Crippen molar-refractivity contribution in [3.63, 3.8) is 0 Å². The van der Waals surface area contributed by atoms with Crippen molar-refractivity contribution in [3.05, 3.63) is 0 Å². The van der Waals surface area contributed by atoms with Crippen LogP contribution < -0.4 is 5.84 Å². The van der Waals surface area contributed by atoms with E-state index in [0.717, 1.165) is 25.8 Å². The summed E-state index contributed by atoms with van der Waals surface area (Å²) < 4.78 is 13.1. The molecule has 3 heteroatoms. The second kappa shape index (κ2) is 4.02. The summed E-state index contributed by atoms with van der Waals surface area (Å²) >= 11 is 0. The predicted molar refractivity (Wildman–Crippen MR) is 43.7 cm³/mol. The van der Waals surface area contributed by atoms with Gasteiger partial charge in [-0.05, 0) is 19.3 Å². The molecule has 11 heavy (non-hydrogen) atoms. The van der Waals surface area contributed by atoms with E-state index in [1.54, 1.807) is 5.01 Å². The Balaban J connectivity index is 2.40. The van der Waals surface area contributed by atoms with Crippen LogP contribution in [0.2, 0.25) is 0 Å². The van der Waals surface area contributed by atoms with Crippen LogP contribution in [0.25, 0.3) is 0 Å². The molecule has 0 radical (unpaired) electrons. The van der Waals surface area contributed by atoms with Crippen LogP contribution in [0, 0.1) is 0 Å². The predicted octanol–water partition coefficient (Wildman–Crippen LogP) is 1.46. The Morgan fingerprint density at radius 3 is 2.91 bits per heavy atom. The maximum atomic E-state index is 13.1. The van der Waals surface area contributed by atoms with E-state index in [2.05, 4.69) is 0 Å². The molecule has 0 bridgehead atoms. The van der Waals surface area contributed by atoms with Crippen molar-refractivity contribution >= 4 is 0 Å². The molecule has 1 saturated heterocycles. The first-order valence-electron chi connectivity index (χ1n) is 4.41. The van der Waals surface area contributed by atoms with Crippen LogP contribution in [0.5, 0.6) is 0 Å². The van der Waals surface area contributed by atoms with E-state index in [1.807, 2.05) is 6.92 Å². The van der Waals surface area contributed by atoms with E-state index in [0.29, 0.717) is 6.42 Å². The molecular weight excluding hydrogens is 143 g/mol. The molecule has 1 rings (SSSR count). The highest BCUT2D eigenvalue weighted by Gasteiger charge is 2.26. The van der Waals surface area contributed by atoms with Crippen LogP contribution in [0.4, 0.5) is 4.39 Å². The fraction of sp³-hybridized carbons (Fsp3) is 1.00. The lowest BCUT2D eigenvalue weighted by Crippen LogP contribution is -2.49. The van der Waals surface area contributed by atoms with Crippen molar-refractivity contribution in [3.8, 4) is 0 Å². The molecule has 0 saturated carbocycles. The van der Waals surface area contributed by atoms with Crippen molar-refractivity contribution in [1.82, 2.24) is 5.01 Å². The van der Waals surface area contributed by atoms with Crippen molar-refractivity contribution in [2.24, 2.45) is 5.84 Å². The van der Waals surface area contributed by atoms with E-state index in [-0.39, 0.29) is 6.04 Å². The highest BCUT2D eigenvalue weighted by molar-refractivity contribution is 4.79. The maximum absolute atomic E-state index is 13.1. The van der Waals surface area contributed by atoms with Gasteiger partial charge in [0.25, 0.3) is 0 Å². The highest BCUT2D eigenvalue weighted by Crippen LogP contribution is 2.19. The summed E-state index contributed by atoms with van der Waals surface area (Å²) in [4.78, 5) is 0. The first-order chi connectivity index (χ1) is 5.25. The third-order valence-corrected chi connectivity index (χ3v) is 2.40. The quantitative estimate of drug-likeness (QED) is 0.620. The van der Waals surface area contributed by atoms with Gasteiger partial charge in [-0.25, -0.2) is 9.40 Å². The number of nitrogens with two attached hydrogens (primary N) is 1. The van der Waals surface area contributed by atoms with Gasteiger partial charge >= 0.3 is 0 Å². The van der Waals surface area contributed by atoms with Crippen molar-refractivity contribution in [2.45, 2.75) is 44.8 Å². The molecule has 1 fully saturated rings. The summed E-state index contributed by atoms with van der Waals surface area (Å²) in [5.41, 5.74) is 0. The van der Waals surface area contributed by atoms with E-state index in [9.17, 15) is 4.39 Å². The highest BCUT2D eigenvalue weighted by atomic mass is 19.1. The van der Waals surface area contributed by atoms with E-state index < -0.39 is 6.17 Å². The number of hydrogen-bond donors (Lipinski definition) is 1. The van der Waals surface area contributed by atoms with Crippen LogP contribution in [0.1, 0.15) is 32.6 Å². The Morgan fingerprint density at radius 1 is 1.64 bits per heavy atom. The second-order valence-corrected chi connectivity index (χ2v) is 3.23. The second-order valence-electron chi connectivity index (χ2n) is 3.23. The lowest BCUT2D eigenvalue weighted by Gasteiger charge is -2.33. The van der Waals surface area contributed by atoms with Gasteiger partial charge in [0.15, 0.2) is 0 Å². The fourth-order valence-electron chi connectivity index (χ4n) is 1.64. The molecule has 2 nitrogen and oxygen atoms in total. The molecule has 2 atom stereocenters. The standard InChI is InChI=1S/C8H17FN2/c1-2-7(9)8-5-3-4-6-11(8)10/h7-8H,2-6,10H2,1H3. The fourth-order valence-corrected chi connectivity index (χ4v) is 1.64. The van der Waals surface area contributed by atoms with Crippen LogP contribution >= 0.6 is 0 Å². The molecule has 1 aliphatic heterocycles. The smallest absolute Gasteiger partial charge is 0.117 e. The minimum absolute atomic E-state index is 0.0197. The number of rotatable bonds is 2. The molecule has 0 aliphatic carbocycles. The SMILES string of the molecule is CCC(F)C1CCCCN1N. The van der Waals surface area contributed by atoms with Crippen LogP contribution in [0.15, 0.2) is 0 Å². The van der Waals surface area contributed by atoms with Gasteiger partial charge in [-0.15, -0.1) is 0 Å². The lowest BCUT2D eigenvalue weighted by atomic mass is 9.99. The minimum atomic E-state index is -0.736. The van der Waals surface area contributed by atoms with Gasteiger partial charge in [0.2, 0.25) is 0 Å². The first-order valence-corrected chi connectivity index (χ1v) is 4.41. The molecule has 0 spiro atoms. The summed E-state index contributed by atoms with van der Waals surface area (Å²) in [6, 6.07) is -0.0197. The Bertz CT molecular complexity index is 115. The average Bonchev–Trinajstić information content (AvgIpc) is 2.04. The van der Waals surface area contributed by atoms with E-state index in [4.69, 9.17) is 5.84 Å². The zero-order chi connectivity index (χ0) is 8.27. The Morgan fingerprint density at radius 2 is 2.36 bits per heavy atom. The van der Waals surface area contributed by atoms with Gasteiger partial charge < -0.3 is 0 Å². The van der Waals surface area contributed by atoms with Gasteiger partial charge in [0.1, 0.15) is 6.17 Å². The van der Waals surface area contributed by atoms with Crippen molar-refractivity contribution < 1.29 is 4.39 Å². The molecule has 0 amide bonds. The number of piperidine rings is 1. The molecule has 0 aromatic carbocycles. The number of halogens is 1. The normalized spacial score (nSPS) is 30.3. The zero-order valence-electron chi connectivity index (χ0n) is 7.09. The zero-order valence-corrected chi connectivity index (χ0v) is 7.09. The molecular formula is C8H17FN2. The molecule has 1 aliphatic rings. The number of alkyl halides is 1. The third-order valence-electron chi connectivity index (χ3n) is 2.40. The van der Waals surface area contributed by atoms with Crippen LogP contribution in [-0.2, 0) is 0 Å². The van der Waals surface area contributed by atoms with E-state index in [1.165, 1.54) is 0 Å². The first kappa shape index (κ1) is 8.94. The van der Waals surface area contributed by atoms with Gasteiger partial charge in [0.05, 0.1) is 6.04 Å². The number of hydrazine groups is 1. The molecule has 0 aromatic heterocycles. The Kier molecular flexibility index (Phi) is 3.27. The molecule has 2 N–H and O–H groups in total. The molecule has 2 unspecified atom stereocenters. The van der Waals surface area contributed by atoms with Gasteiger partial charge in [-0.2, -0.15) is 0 Å². The van der Waals surface area contributed by atoms with Crippen LogP contribution in [0.3, 0.4) is 0 Å². The third kappa shape index (κ3) is 2.14. The maximum Gasteiger partial charge on any atom is 0.117 e. The Labute approximate surface area is 67.5 Å². The van der Waals surface area contributed by atoms with Gasteiger partial charge in [-0.3, -0.25) is 5.84 Å². The summed E-state index contributed by atoms with van der Waals surface area (Å²) in [5, 5.41) is 1.66. The summed E-state index contributed by atoms with van der Waals surface area (Å²) in [7, 11) is 0. The topological polar surface area (TPSA) is 29.3 Å². The molecule has 1 heterocycles. The molecule has 66 valence electrons. The lowest BCUT2D eigenvalue weighted by molar-refractivity contribution is 0.0745. The summed E-state index contributed by atoms with van der Waals surface area (Å²) in [6.07, 6.45) is 3.01. The average molecular weight is 160 g/mol. The Hall–Kier alpha value is -0.150. The number of nitrogens with zero attached hydrogens (tertiary/aromatic N) is 1. The number of hydrogen-bond acceptors (Lipinski definition) is 2. The largest absolute Gasteiger partial charge is 0.268 e. The minimum Gasteiger partial charge on any atom is -0.268 e. The monoisotopic (exact) mass is 160 g/mol. The molecule has 0 aromatic rings. The van der Waals surface area contributed by atoms with Gasteiger partial charge in [-0.1, -0.05) is 13.3 Å². The van der Waals surface area contributed by atoms with E-state index >= 15 is 0 Å². The van der Waals surface area contributed by atoms with Crippen LogP contribution in [-0.4, -0.2) is 23.8 Å². The van der Waals surface area contributed by atoms with Crippen molar-refractivity contribution in [2.75, 3.05) is 6.54 Å². The summed E-state index contributed by atoms with van der Waals surface area (Å²) in [6.45, 7) is 2.72. The van der Waals surface area contributed by atoms with Crippen molar-refractivity contribution in [1.29, 1.82) is 0 Å². The summed E-state index contributed by atoms with van der Waals surface area (Å²) in [5.74, 6) is 5.65. The van der Waals surface area contributed by atoms with Gasteiger partial charge in [0, 0.05) is 6.54 Å².